The molecule has 1 unspecified atom stereocenters. The van der Waals surface area contributed by atoms with Gasteiger partial charge in [0.1, 0.15) is 0 Å². The van der Waals surface area contributed by atoms with Crippen molar-refractivity contribution in [3.63, 3.8) is 0 Å². The molecule has 4 rings (SSSR count). The molecule has 0 aliphatic carbocycles. The summed E-state index contributed by atoms with van der Waals surface area (Å²) in [6.07, 6.45) is 0.0796. The summed E-state index contributed by atoms with van der Waals surface area (Å²) in [6.45, 7) is 3.57. The molecular formula is C24H26N2O3S. The molecule has 1 atom stereocenters. The van der Waals surface area contributed by atoms with E-state index in [9.17, 15) is 14.4 Å². The number of aryl methyl sites for hydroxylation is 1. The van der Waals surface area contributed by atoms with Gasteiger partial charge in [0.15, 0.2) is 0 Å². The van der Waals surface area contributed by atoms with Crippen LogP contribution in [0.25, 0.3) is 0 Å². The van der Waals surface area contributed by atoms with Crippen molar-refractivity contribution in [2.24, 2.45) is 0 Å². The van der Waals surface area contributed by atoms with Crippen LogP contribution in [-0.2, 0) is 26.3 Å². The molecule has 2 heterocycles. The average Bonchev–Trinajstić information content (AvgIpc) is 3.00. The summed E-state index contributed by atoms with van der Waals surface area (Å²) in [7, 11) is 0. The van der Waals surface area contributed by atoms with Crippen LogP contribution in [0.15, 0.2) is 54.6 Å². The number of carbonyl (C=O) groups excluding carboxylic acids is 3. The standard InChI is InChI=1S/C24H26N2O3S/c1-18-7-5-6-10-20(18)24(15-21(27)25-11-13-30-14-12-25)16-22(28)26(23(24)29)17-19-8-3-2-4-9-19/h2-10H,11-17H2,1H3. The Morgan fingerprint density at radius 3 is 2.37 bits per heavy atom. The van der Waals surface area contributed by atoms with Gasteiger partial charge in [-0.05, 0) is 23.6 Å². The van der Waals surface area contributed by atoms with Crippen molar-refractivity contribution in [2.75, 3.05) is 24.6 Å². The Balaban J connectivity index is 1.69. The van der Waals surface area contributed by atoms with E-state index in [1.165, 1.54) is 4.90 Å². The molecule has 0 spiro atoms. The molecule has 2 aromatic rings. The van der Waals surface area contributed by atoms with E-state index >= 15 is 0 Å². The molecule has 0 N–H and O–H groups in total. The van der Waals surface area contributed by atoms with Crippen molar-refractivity contribution in [2.45, 2.75) is 31.7 Å². The number of likely N-dealkylation sites (tertiary alicyclic amines) is 1. The summed E-state index contributed by atoms with van der Waals surface area (Å²) < 4.78 is 0. The van der Waals surface area contributed by atoms with E-state index in [0.29, 0.717) is 13.1 Å². The Morgan fingerprint density at radius 1 is 1.00 bits per heavy atom. The van der Waals surface area contributed by atoms with Gasteiger partial charge in [-0.3, -0.25) is 19.3 Å². The van der Waals surface area contributed by atoms with Crippen LogP contribution in [0.2, 0.25) is 0 Å². The first-order valence-electron chi connectivity index (χ1n) is 10.3. The smallest absolute Gasteiger partial charge is 0.241 e. The monoisotopic (exact) mass is 422 g/mol. The highest BCUT2D eigenvalue weighted by Gasteiger charge is 2.54. The summed E-state index contributed by atoms with van der Waals surface area (Å²) >= 11 is 1.84. The number of amides is 3. The maximum Gasteiger partial charge on any atom is 0.241 e. The van der Waals surface area contributed by atoms with Gasteiger partial charge in [0.05, 0.1) is 12.0 Å². The minimum atomic E-state index is -1.13. The molecule has 0 bridgehead atoms. The van der Waals surface area contributed by atoms with Gasteiger partial charge in [0, 0.05) is 37.4 Å². The van der Waals surface area contributed by atoms with Crippen LogP contribution in [0.1, 0.15) is 29.5 Å². The van der Waals surface area contributed by atoms with Gasteiger partial charge in [0.2, 0.25) is 17.7 Å². The van der Waals surface area contributed by atoms with Crippen LogP contribution >= 0.6 is 11.8 Å². The van der Waals surface area contributed by atoms with Gasteiger partial charge in [-0.25, -0.2) is 0 Å². The number of hydrogen-bond donors (Lipinski definition) is 0. The molecule has 156 valence electrons. The first-order chi connectivity index (χ1) is 14.5. The van der Waals surface area contributed by atoms with E-state index in [2.05, 4.69) is 0 Å². The second kappa shape index (κ2) is 8.64. The maximum atomic E-state index is 13.7. The number of hydrogen-bond acceptors (Lipinski definition) is 4. The van der Waals surface area contributed by atoms with Gasteiger partial charge in [-0.2, -0.15) is 11.8 Å². The summed E-state index contributed by atoms with van der Waals surface area (Å²) in [4.78, 5) is 43.1. The number of carbonyl (C=O) groups is 3. The van der Waals surface area contributed by atoms with E-state index in [1.54, 1.807) is 0 Å². The predicted molar refractivity (Wildman–Crippen MR) is 118 cm³/mol. The summed E-state index contributed by atoms with van der Waals surface area (Å²) in [6, 6.07) is 17.1. The molecule has 6 heteroatoms. The van der Waals surface area contributed by atoms with Crippen molar-refractivity contribution < 1.29 is 14.4 Å². The van der Waals surface area contributed by atoms with E-state index in [0.717, 1.165) is 28.2 Å². The highest BCUT2D eigenvalue weighted by Crippen LogP contribution is 2.42. The first-order valence-corrected chi connectivity index (χ1v) is 11.5. The molecule has 5 nitrogen and oxygen atoms in total. The Labute approximate surface area is 181 Å². The highest BCUT2D eigenvalue weighted by atomic mass is 32.2. The fourth-order valence-electron chi connectivity index (χ4n) is 4.46. The molecule has 2 fully saturated rings. The van der Waals surface area contributed by atoms with Gasteiger partial charge in [-0.1, -0.05) is 54.6 Å². The van der Waals surface area contributed by atoms with Crippen LogP contribution in [0.5, 0.6) is 0 Å². The molecule has 30 heavy (non-hydrogen) atoms. The van der Waals surface area contributed by atoms with Crippen LogP contribution in [0, 0.1) is 6.92 Å². The van der Waals surface area contributed by atoms with Crippen molar-refractivity contribution in [3.05, 3.63) is 71.3 Å². The molecule has 2 aromatic carbocycles. The quantitative estimate of drug-likeness (QED) is 0.695. The van der Waals surface area contributed by atoms with E-state index in [1.807, 2.05) is 78.2 Å². The minimum absolute atomic E-state index is 0.0395. The molecule has 0 radical (unpaired) electrons. The second-order valence-corrected chi connectivity index (χ2v) is 9.24. The highest BCUT2D eigenvalue weighted by molar-refractivity contribution is 7.99. The number of thioether (sulfide) groups is 1. The van der Waals surface area contributed by atoms with Gasteiger partial charge >= 0.3 is 0 Å². The second-order valence-electron chi connectivity index (χ2n) is 8.01. The third kappa shape index (κ3) is 3.88. The van der Waals surface area contributed by atoms with Crippen molar-refractivity contribution in [1.29, 1.82) is 0 Å². The lowest BCUT2D eigenvalue weighted by Gasteiger charge is -2.33. The largest absolute Gasteiger partial charge is 0.341 e. The third-order valence-corrected chi connectivity index (χ3v) is 7.01. The summed E-state index contributed by atoms with van der Waals surface area (Å²) in [5.41, 5.74) is 1.50. The van der Waals surface area contributed by atoms with Crippen LogP contribution < -0.4 is 0 Å². The fraction of sp³-hybridized carbons (Fsp3) is 0.375. The first kappa shape index (κ1) is 20.7. The molecule has 3 amide bonds. The molecule has 0 saturated carbocycles. The van der Waals surface area contributed by atoms with Crippen LogP contribution in [0.4, 0.5) is 0 Å². The minimum Gasteiger partial charge on any atom is -0.341 e. The number of benzene rings is 2. The maximum absolute atomic E-state index is 13.7. The van der Waals surface area contributed by atoms with E-state index < -0.39 is 5.41 Å². The number of imide groups is 1. The zero-order chi connectivity index (χ0) is 21.1. The lowest BCUT2D eigenvalue weighted by Crippen LogP contribution is -2.45. The third-order valence-electron chi connectivity index (χ3n) is 6.07. The SMILES string of the molecule is Cc1ccccc1C1(CC(=O)N2CCSCC2)CC(=O)N(Cc2ccccc2)C1=O. The fourth-order valence-corrected chi connectivity index (χ4v) is 5.37. The Morgan fingerprint density at radius 2 is 1.67 bits per heavy atom. The zero-order valence-electron chi connectivity index (χ0n) is 17.2. The van der Waals surface area contributed by atoms with Gasteiger partial charge < -0.3 is 4.90 Å². The van der Waals surface area contributed by atoms with Crippen molar-refractivity contribution >= 4 is 29.5 Å². The zero-order valence-corrected chi connectivity index (χ0v) is 18.0. The normalized spacial score (nSPS) is 21.9. The number of nitrogens with zero attached hydrogens (tertiary/aromatic N) is 2. The summed E-state index contributed by atoms with van der Waals surface area (Å²) in [5.74, 6) is 1.31. The number of rotatable bonds is 5. The van der Waals surface area contributed by atoms with Gasteiger partial charge in [-0.15, -0.1) is 0 Å². The van der Waals surface area contributed by atoms with E-state index in [-0.39, 0.29) is 37.1 Å². The Bertz CT molecular complexity index is 956. The van der Waals surface area contributed by atoms with E-state index in [4.69, 9.17) is 0 Å². The Hall–Kier alpha value is -2.60. The van der Waals surface area contributed by atoms with Crippen molar-refractivity contribution in [1.82, 2.24) is 9.80 Å². The van der Waals surface area contributed by atoms with Crippen LogP contribution in [-0.4, -0.2) is 52.1 Å². The molecule has 2 aliphatic heterocycles. The van der Waals surface area contributed by atoms with Gasteiger partial charge in [0.25, 0.3) is 0 Å². The average molecular weight is 423 g/mol. The molecule has 2 saturated heterocycles. The topological polar surface area (TPSA) is 57.7 Å². The summed E-state index contributed by atoms with van der Waals surface area (Å²) in [5, 5.41) is 0. The predicted octanol–water partition coefficient (Wildman–Crippen LogP) is 3.16. The molecular weight excluding hydrogens is 396 g/mol. The lowest BCUT2D eigenvalue weighted by atomic mass is 9.74. The molecule has 0 aromatic heterocycles. The Kier molecular flexibility index (Phi) is 5.95. The lowest BCUT2D eigenvalue weighted by molar-refractivity contribution is -0.143. The van der Waals surface area contributed by atoms with Crippen LogP contribution in [0.3, 0.4) is 0 Å². The van der Waals surface area contributed by atoms with Crippen molar-refractivity contribution in [3.8, 4) is 0 Å². The molecule has 2 aliphatic rings.